The SMILES string of the molecule is O=C(CCc1ccccc1Br)N1CCC(n2c(=O)[nH]c3ccccc32)CC1. The molecule has 0 spiro atoms. The molecule has 0 aliphatic carbocycles. The number of para-hydroxylation sites is 2. The molecule has 4 rings (SSSR count). The number of nitrogens with zero attached hydrogens (tertiary/aromatic N) is 2. The summed E-state index contributed by atoms with van der Waals surface area (Å²) in [5.74, 6) is 0.190. The minimum atomic E-state index is -0.0603. The number of imidazole rings is 1. The Hall–Kier alpha value is -2.34. The lowest BCUT2D eigenvalue weighted by Crippen LogP contribution is -2.40. The molecule has 1 aliphatic heterocycles. The van der Waals surface area contributed by atoms with Crippen LogP contribution in [0.1, 0.15) is 30.9 Å². The van der Waals surface area contributed by atoms with Crippen molar-refractivity contribution in [2.75, 3.05) is 13.1 Å². The topological polar surface area (TPSA) is 58.1 Å². The van der Waals surface area contributed by atoms with Gasteiger partial charge in [0.15, 0.2) is 0 Å². The van der Waals surface area contributed by atoms with Crippen molar-refractivity contribution in [1.82, 2.24) is 14.5 Å². The zero-order valence-electron chi connectivity index (χ0n) is 15.0. The number of piperidine rings is 1. The Morgan fingerprint density at radius 1 is 1.07 bits per heavy atom. The molecule has 5 nitrogen and oxygen atoms in total. The largest absolute Gasteiger partial charge is 0.343 e. The first-order valence-electron chi connectivity index (χ1n) is 9.34. The Labute approximate surface area is 166 Å². The van der Waals surface area contributed by atoms with Crippen LogP contribution in [0.25, 0.3) is 11.0 Å². The third-order valence-corrected chi connectivity index (χ3v) is 6.15. The van der Waals surface area contributed by atoms with Gasteiger partial charge in [-0.15, -0.1) is 0 Å². The number of halogens is 1. The number of carbonyl (C=O) groups is 1. The number of H-pyrrole nitrogens is 1. The molecule has 1 saturated heterocycles. The van der Waals surface area contributed by atoms with Crippen LogP contribution in [-0.2, 0) is 11.2 Å². The predicted octanol–water partition coefficient (Wildman–Crippen LogP) is 3.89. The van der Waals surface area contributed by atoms with E-state index in [-0.39, 0.29) is 17.6 Å². The van der Waals surface area contributed by atoms with E-state index in [1.165, 1.54) is 0 Å². The number of nitrogens with one attached hydrogen (secondary N) is 1. The summed E-state index contributed by atoms with van der Waals surface area (Å²) in [5, 5.41) is 0. The second-order valence-electron chi connectivity index (χ2n) is 7.02. The number of aromatic amines is 1. The van der Waals surface area contributed by atoms with Gasteiger partial charge in [-0.05, 0) is 43.0 Å². The van der Waals surface area contributed by atoms with Crippen LogP contribution in [0.4, 0.5) is 0 Å². The predicted molar refractivity (Wildman–Crippen MR) is 110 cm³/mol. The van der Waals surface area contributed by atoms with E-state index in [4.69, 9.17) is 0 Å². The van der Waals surface area contributed by atoms with E-state index in [0.717, 1.165) is 40.3 Å². The fourth-order valence-electron chi connectivity index (χ4n) is 3.91. The summed E-state index contributed by atoms with van der Waals surface area (Å²) in [6.45, 7) is 1.40. The monoisotopic (exact) mass is 427 g/mol. The standard InChI is InChI=1S/C21H22BrN3O2/c22-17-6-2-1-5-15(17)9-10-20(26)24-13-11-16(12-14-24)25-19-8-4-3-7-18(19)23-21(25)27/h1-8,16H,9-14H2,(H,23,27). The molecule has 1 aliphatic rings. The Morgan fingerprint density at radius 2 is 1.78 bits per heavy atom. The number of likely N-dealkylation sites (tertiary alicyclic amines) is 1. The zero-order chi connectivity index (χ0) is 18.8. The molecule has 2 aromatic carbocycles. The number of hydrogen-bond acceptors (Lipinski definition) is 2. The molecule has 140 valence electrons. The molecule has 27 heavy (non-hydrogen) atoms. The maximum atomic E-state index is 12.6. The van der Waals surface area contributed by atoms with Gasteiger partial charge in [-0.25, -0.2) is 4.79 Å². The number of benzene rings is 2. The minimum Gasteiger partial charge on any atom is -0.343 e. The first-order valence-corrected chi connectivity index (χ1v) is 10.1. The Kier molecular flexibility index (Phi) is 5.16. The maximum Gasteiger partial charge on any atom is 0.326 e. The van der Waals surface area contributed by atoms with E-state index in [1.807, 2.05) is 58.0 Å². The molecule has 0 saturated carbocycles. The lowest BCUT2D eigenvalue weighted by atomic mass is 10.0. The Morgan fingerprint density at radius 3 is 2.56 bits per heavy atom. The van der Waals surface area contributed by atoms with Gasteiger partial charge in [0.1, 0.15) is 0 Å². The van der Waals surface area contributed by atoms with Gasteiger partial charge < -0.3 is 9.88 Å². The average molecular weight is 428 g/mol. The number of aryl methyl sites for hydroxylation is 1. The van der Waals surface area contributed by atoms with Gasteiger partial charge >= 0.3 is 5.69 Å². The maximum absolute atomic E-state index is 12.6. The summed E-state index contributed by atoms with van der Waals surface area (Å²) in [6, 6.07) is 15.9. The van der Waals surface area contributed by atoms with Crippen molar-refractivity contribution in [1.29, 1.82) is 0 Å². The summed E-state index contributed by atoms with van der Waals surface area (Å²) in [5.41, 5.74) is 2.91. The quantitative estimate of drug-likeness (QED) is 0.686. The van der Waals surface area contributed by atoms with Crippen LogP contribution in [0.2, 0.25) is 0 Å². The van der Waals surface area contributed by atoms with E-state index in [2.05, 4.69) is 20.9 Å². The highest BCUT2D eigenvalue weighted by Crippen LogP contribution is 2.25. The summed E-state index contributed by atoms with van der Waals surface area (Å²) in [7, 11) is 0. The molecule has 6 heteroatoms. The van der Waals surface area contributed by atoms with E-state index >= 15 is 0 Å². The number of fused-ring (bicyclic) bond motifs is 1. The van der Waals surface area contributed by atoms with Crippen molar-refractivity contribution in [2.45, 2.75) is 31.7 Å². The molecule has 3 aromatic rings. The van der Waals surface area contributed by atoms with Crippen LogP contribution >= 0.6 is 15.9 Å². The Bertz CT molecular complexity index is 1020. The van der Waals surface area contributed by atoms with Crippen molar-refractivity contribution < 1.29 is 4.79 Å². The van der Waals surface area contributed by atoms with E-state index < -0.39 is 0 Å². The molecule has 1 aromatic heterocycles. The van der Waals surface area contributed by atoms with Crippen molar-refractivity contribution in [3.8, 4) is 0 Å². The molecular weight excluding hydrogens is 406 g/mol. The van der Waals surface area contributed by atoms with Crippen molar-refractivity contribution >= 4 is 32.9 Å². The second-order valence-corrected chi connectivity index (χ2v) is 7.88. The Balaban J connectivity index is 1.38. The van der Waals surface area contributed by atoms with Crippen LogP contribution in [0.15, 0.2) is 57.8 Å². The summed E-state index contributed by atoms with van der Waals surface area (Å²) in [4.78, 5) is 29.8. The second kappa shape index (κ2) is 7.72. The highest BCUT2D eigenvalue weighted by atomic mass is 79.9. The van der Waals surface area contributed by atoms with Gasteiger partial charge in [0.05, 0.1) is 11.0 Å². The average Bonchev–Trinajstić information content (AvgIpc) is 3.03. The van der Waals surface area contributed by atoms with Crippen molar-refractivity contribution in [3.63, 3.8) is 0 Å². The van der Waals surface area contributed by atoms with Crippen LogP contribution in [0, 0.1) is 0 Å². The summed E-state index contributed by atoms with van der Waals surface area (Å²) < 4.78 is 2.91. The van der Waals surface area contributed by atoms with Crippen molar-refractivity contribution in [3.05, 3.63) is 69.1 Å². The zero-order valence-corrected chi connectivity index (χ0v) is 16.6. The van der Waals surface area contributed by atoms with Gasteiger partial charge in [-0.3, -0.25) is 9.36 Å². The third-order valence-electron chi connectivity index (χ3n) is 5.37. The molecule has 0 bridgehead atoms. The summed E-state index contributed by atoms with van der Waals surface area (Å²) >= 11 is 3.54. The van der Waals surface area contributed by atoms with Crippen molar-refractivity contribution in [2.24, 2.45) is 0 Å². The molecule has 1 amide bonds. The fourth-order valence-corrected chi connectivity index (χ4v) is 4.39. The molecule has 0 unspecified atom stereocenters. The number of hydrogen-bond donors (Lipinski definition) is 1. The first-order chi connectivity index (χ1) is 13.1. The normalized spacial score (nSPS) is 15.4. The van der Waals surface area contributed by atoms with Gasteiger partial charge in [0, 0.05) is 30.0 Å². The van der Waals surface area contributed by atoms with E-state index in [1.54, 1.807) is 0 Å². The lowest BCUT2D eigenvalue weighted by Gasteiger charge is -2.32. The fraction of sp³-hybridized carbons (Fsp3) is 0.333. The smallest absolute Gasteiger partial charge is 0.326 e. The minimum absolute atomic E-state index is 0.0603. The highest BCUT2D eigenvalue weighted by molar-refractivity contribution is 9.10. The third kappa shape index (κ3) is 3.72. The highest BCUT2D eigenvalue weighted by Gasteiger charge is 2.25. The molecule has 0 radical (unpaired) electrons. The molecule has 1 N–H and O–H groups in total. The van der Waals surface area contributed by atoms with Gasteiger partial charge in [-0.2, -0.15) is 0 Å². The van der Waals surface area contributed by atoms with E-state index in [0.29, 0.717) is 19.5 Å². The number of amides is 1. The van der Waals surface area contributed by atoms with Gasteiger partial charge in [-0.1, -0.05) is 46.3 Å². The molecular formula is C21H22BrN3O2. The molecule has 1 fully saturated rings. The number of carbonyl (C=O) groups excluding carboxylic acids is 1. The first kappa shape index (κ1) is 18.0. The van der Waals surface area contributed by atoms with Crippen LogP contribution in [0.5, 0.6) is 0 Å². The van der Waals surface area contributed by atoms with Crippen LogP contribution < -0.4 is 5.69 Å². The van der Waals surface area contributed by atoms with Crippen LogP contribution in [0.3, 0.4) is 0 Å². The molecule has 2 heterocycles. The van der Waals surface area contributed by atoms with Crippen LogP contribution in [-0.4, -0.2) is 33.4 Å². The van der Waals surface area contributed by atoms with Gasteiger partial charge in [0.2, 0.25) is 5.91 Å². The number of aromatic nitrogens is 2. The van der Waals surface area contributed by atoms with E-state index in [9.17, 15) is 9.59 Å². The molecule has 0 atom stereocenters. The van der Waals surface area contributed by atoms with Gasteiger partial charge in [0.25, 0.3) is 0 Å². The number of rotatable bonds is 4. The summed E-state index contributed by atoms with van der Waals surface area (Å²) in [6.07, 6.45) is 2.87. The lowest BCUT2D eigenvalue weighted by molar-refractivity contribution is -0.132.